The number of anilines is 1. The molecule has 0 saturated heterocycles. The molecule has 1 aliphatic rings. The summed E-state index contributed by atoms with van der Waals surface area (Å²) in [6.45, 7) is 0.225. The van der Waals surface area contributed by atoms with E-state index in [1.807, 2.05) is 60.7 Å². The Morgan fingerprint density at radius 3 is 2.04 bits per heavy atom. The summed E-state index contributed by atoms with van der Waals surface area (Å²) in [5, 5.41) is 2.80. The first-order chi connectivity index (χ1) is 13.6. The Kier molecular flexibility index (Phi) is 4.72. The maximum Gasteiger partial charge on any atom is 0.261 e. The van der Waals surface area contributed by atoms with Gasteiger partial charge in [-0.2, -0.15) is 0 Å². The predicted molar refractivity (Wildman–Crippen MR) is 106 cm³/mol. The van der Waals surface area contributed by atoms with Crippen LogP contribution in [0, 0.1) is 0 Å². The Labute approximate surface area is 162 Å². The molecule has 0 aliphatic carbocycles. The number of benzene rings is 3. The molecule has 1 N–H and O–H groups in total. The molecule has 0 radical (unpaired) electrons. The van der Waals surface area contributed by atoms with Crippen LogP contribution in [-0.2, 0) is 17.8 Å². The third-order valence-corrected chi connectivity index (χ3v) is 4.65. The Balaban J connectivity index is 1.50. The highest BCUT2D eigenvalue weighted by atomic mass is 16.2. The van der Waals surface area contributed by atoms with Crippen molar-refractivity contribution in [3.05, 3.63) is 101 Å². The molecule has 3 aromatic carbocycles. The molecule has 1 heterocycles. The molecule has 3 amide bonds. The van der Waals surface area contributed by atoms with Crippen LogP contribution < -0.4 is 5.32 Å². The standard InChI is InChI=1S/C23H18N2O3/c26-21(13-16-7-3-1-4-8-16)24-18-11-12-19-20(14-18)23(28)25(22(19)27)15-17-9-5-2-6-10-17/h1-12,14H,13,15H2,(H,24,26). The lowest BCUT2D eigenvalue weighted by Gasteiger charge is -2.13. The van der Waals surface area contributed by atoms with E-state index in [0.29, 0.717) is 16.8 Å². The predicted octanol–water partition coefficient (Wildman–Crippen LogP) is 3.66. The number of nitrogens with zero attached hydrogens (tertiary/aromatic N) is 1. The van der Waals surface area contributed by atoms with E-state index in [1.165, 1.54) is 4.90 Å². The van der Waals surface area contributed by atoms with Gasteiger partial charge in [0, 0.05) is 5.69 Å². The molecule has 3 aromatic rings. The second-order valence-electron chi connectivity index (χ2n) is 6.65. The van der Waals surface area contributed by atoms with Crippen LogP contribution in [0.4, 0.5) is 5.69 Å². The zero-order valence-corrected chi connectivity index (χ0v) is 15.1. The number of nitrogens with one attached hydrogen (secondary N) is 1. The third-order valence-electron chi connectivity index (χ3n) is 4.65. The lowest BCUT2D eigenvalue weighted by Crippen LogP contribution is -2.29. The normalized spacial score (nSPS) is 12.8. The van der Waals surface area contributed by atoms with E-state index < -0.39 is 0 Å². The Bertz CT molecular complexity index is 1050. The molecule has 0 bridgehead atoms. The van der Waals surface area contributed by atoms with E-state index >= 15 is 0 Å². The van der Waals surface area contributed by atoms with Gasteiger partial charge in [0.2, 0.25) is 5.91 Å². The van der Waals surface area contributed by atoms with Gasteiger partial charge in [0.25, 0.3) is 11.8 Å². The zero-order chi connectivity index (χ0) is 19.5. The van der Waals surface area contributed by atoms with Crippen molar-refractivity contribution in [2.45, 2.75) is 13.0 Å². The first-order valence-electron chi connectivity index (χ1n) is 9.00. The molecule has 4 rings (SSSR count). The number of carbonyl (C=O) groups excluding carboxylic acids is 3. The lowest BCUT2D eigenvalue weighted by molar-refractivity contribution is -0.115. The molecule has 0 fully saturated rings. The van der Waals surface area contributed by atoms with E-state index in [0.717, 1.165) is 11.1 Å². The van der Waals surface area contributed by atoms with Crippen LogP contribution in [0.1, 0.15) is 31.8 Å². The molecule has 0 spiro atoms. The maximum atomic E-state index is 12.7. The number of fused-ring (bicyclic) bond motifs is 1. The molecule has 28 heavy (non-hydrogen) atoms. The van der Waals surface area contributed by atoms with Gasteiger partial charge < -0.3 is 5.32 Å². The average Bonchev–Trinajstić information content (AvgIpc) is 2.94. The van der Waals surface area contributed by atoms with Gasteiger partial charge in [-0.1, -0.05) is 60.7 Å². The largest absolute Gasteiger partial charge is 0.326 e. The Morgan fingerprint density at radius 1 is 0.750 bits per heavy atom. The molecule has 5 heteroatoms. The smallest absolute Gasteiger partial charge is 0.261 e. The van der Waals surface area contributed by atoms with Gasteiger partial charge in [-0.25, -0.2) is 0 Å². The van der Waals surface area contributed by atoms with Gasteiger partial charge >= 0.3 is 0 Å². The van der Waals surface area contributed by atoms with Crippen molar-refractivity contribution < 1.29 is 14.4 Å². The molecule has 138 valence electrons. The first-order valence-corrected chi connectivity index (χ1v) is 9.00. The summed E-state index contributed by atoms with van der Waals surface area (Å²) < 4.78 is 0. The molecular weight excluding hydrogens is 352 g/mol. The fourth-order valence-electron chi connectivity index (χ4n) is 3.26. The van der Waals surface area contributed by atoms with E-state index in [9.17, 15) is 14.4 Å². The van der Waals surface area contributed by atoms with Crippen molar-refractivity contribution in [3.63, 3.8) is 0 Å². The summed E-state index contributed by atoms with van der Waals surface area (Å²) >= 11 is 0. The van der Waals surface area contributed by atoms with Crippen LogP contribution in [0.5, 0.6) is 0 Å². The van der Waals surface area contributed by atoms with Gasteiger partial charge in [0.1, 0.15) is 0 Å². The summed E-state index contributed by atoms with van der Waals surface area (Å²) in [6, 6.07) is 23.6. The van der Waals surface area contributed by atoms with E-state index in [4.69, 9.17) is 0 Å². The van der Waals surface area contributed by atoms with Gasteiger partial charge in [0.05, 0.1) is 24.1 Å². The summed E-state index contributed by atoms with van der Waals surface area (Å²) in [5.41, 5.74) is 2.97. The molecule has 0 unspecified atom stereocenters. The molecule has 0 atom stereocenters. The Morgan fingerprint density at radius 2 is 1.36 bits per heavy atom. The maximum absolute atomic E-state index is 12.7. The number of amides is 3. The third kappa shape index (κ3) is 3.55. The van der Waals surface area contributed by atoms with Crippen molar-refractivity contribution in [3.8, 4) is 0 Å². The number of carbonyl (C=O) groups is 3. The van der Waals surface area contributed by atoms with Crippen molar-refractivity contribution in [1.29, 1.82) is 0 Å². The second kappa shape index (κ2) is 7.48. The first kappa shape index (κ1) is 17.7. The highest BCUT2D eigenvalue weighted by molar-refractivity contribution is 6.21. The summed E-state index contributed by atoms with van der Waals surface area (Å²) in [7, 11) is 0. The van der Waals surface area contributed by atoms with Crippen LogP contribution in [0.25, 0.3) is 0 Å². The fraction of sp³-hybridized carbons (Fsp3) is 0.0870. The molecular formula is C23H18N2O3. The quantitative estimate of drug-likeness (QED) is 0.697. The molecule has 0 saturated carbocycles. The molecule has 0 aromatic heterocycles. The minimum atomic E-state index is -0.344. The minimum Gasteiger partial charge on any atom is -0.326 e. The van der Waals surface area contributed by atoms with Gasteiger partial charge in [-0.05, 0) is 29.3 Å². The van der Waals surface area contributed by atoms with E-state index in [-0.39, 0.29) is 30.7 Å². The summed E-state index contributed by atoms with van der Waals surface area (Å²) in [5.74, 6) is -0.835. The highest BCUT2D eigenvalue weighted by Gasteiger charge is 2.35. The average molecular weight is 370 g/mol. The number of hydrogen-bond acceptors (Lipinski definition) is 3. The monoisotopic (exact) mass is 370 g/mol. The van der Waals surface area contributed by atoms with Crippen molar-refractivity contribution in [2.24, 2.45) is 0 Å². The topological polar surface area (TPSA) is 66.5 Å². The number of hydrogen-bond donors (Lipinski definition) is 1. The second-order valence-corrected chi connectivity index (χ2v) is 6.65. The van der Waals surface area contributed by atoms with Crippen molar-refractivity contribution >= 4 is 23.4 Å². The Hall–Kier alpha value is -3.73. The minimum absolute atomic E-state index is 0.177. The fourth-order valence-corrected chi connectivity index (χ4v) is 3.26. The van der Waals surface area contributed by atoms with Gasteiger partial charge in [0.15, 0.2) is 0 Å². The van der Waals surface area contributed by atoms with Crippen LogP contribution in [0.3, 0.4) is 0 Å². The van der Waals surface area contributed by atoms with Crippen LogP contribution in [0.2, 0.25) is 0 Å². The van der Waals surface area contributed by atoms with Crippen molar-refractivity contribution in [2.75, 3.05) is 5.32 Å². The SMILES string of the molecule is O=C(Cc1ccccc1)Nc1ccc2c(c1)C(=O)N(Cc1ccccc1)C2=O. The van der Waals surface area contributed by atoms with Gasteiger partial charge in [-0.3, -0.25) is 19.3 Å². The van der Waals surface area contributed by atoms with E-state index in [1.54, 1.807) is 18.2 Å². The van der Waals surface area contributed by atoms with Crippen molar-refractivity contribution in [1.82, 2.24) is 4.90 Å². The molecule has 5 nitrogen and oxygen atoms in total. The zero-order valence-electron chi connectivity index (χ0n) is 15.1. The van der Waals surface area contributed by atoms with Gasteiger partial charge in [-0.15, -0.1) is 0 Å². The summed E-state index contributed by atoms with van der Waals surface area (Å²) in [6.07, 6.45) is 0.241. The number of imide groups is 1. The van der Waals surface area contributed by atoms with E-state index in [2.05, 4.69) is 5.32 Å². The highest BCUT2D eigenvalue weighted by Crippen LogP contribution is 2.27. The molecule has 1 aliphatic heterocycles. The van der Waals surface area contributed by atoms with Crippen LogP contribution >= 0.6 is 0 Å². The van der Waals surface area contributed by atoms with Crippen LogP contribution in [0.15, 0.2) is 78.9 Å². The lowest BCUT2D eigenvalue weighted by atomic mass is 10.1. The van der Waals surface area contributed by atoms with Crippen LogP contribution in [-0.4, -0.2) is 22.6 Å². The summed E-state index contributed by atoms with van der Waals surface area (Å²) in [4.78, 5) is 38.8. The number of rotatable bonds is 5.